The molecule has 0 saturated carbocycles. The molecule has 0 spiro atoms. The molecule has 0 radical (unpaired) electrons. The molecule has 0 heterocycles. The van der Waals surface area contributed by atoms with E-state index in [1.54, 1.807) is 14.2 Å². The van der Waals surface area contributed by atoms with E-state index in [2.05, 4.69) is 10.1 Å². The molecule has 128 valence electrons. The Kier molecular flexibility index (Phi) is 8.97. The van der Waals surface area contributed by atoms with Gasteiger partial charge in [-0.25, -0.2) is 0 Å². The van der Waals surface area contributed by atoms with Gasteiger partial charge in [0.25, 0.3) is 0 Å². The highest BCUT2D eigenvalue weighted by molar-refractivity contribution is 7.99. The van der Waals surface area contributed by atoms with Crippen molar-refractivity contribution >= 4 is 23.6 Å². The minimum atomic E-state index is -0.258. The first kappa shape index (κ1) is 19.2. The molecule has 1 aromatic carbocycles. The second-order valence-electron chi connectivity index (χ2n) is 4.67. The van der Waals surface area contributed by atoms with E-state index >= 15 is 0 Å². The monoisotopic (exact) mass is 341 g/mol. The minimum absolute atomic E-state index is 0.0413. The summed E-state index contributed by atoms with van der Waals surface area (Å²) in [5, 5.41) is 2.85. The molecule has 0 aliphatic heterocycles. The van der Waals surface area contributed by atoms with Gasteiger partial charge in [-0.3, -0.25) is 9.59 Å². The number of benzene rings is 1. The molecule has 1 N–H and O–H groups in total. The lowest BCUT2D eigenvalue weighted by atomic mass is 10.1. The summed E-state index contributed by atoms with van der Waals surface area (Å²) in [6, 6.07) is 5.69. The first-order valence-electron chi connectivity index (χ1n) is 7.22. The quantitative estimate of drug-likeness (QED) is 0.515. The Morgan fingerprint density at radius 1 is 1.13 bits per heavy atom. The van der Waals surface area contributed by atoms with Crippen LogP contribution in [0.4, 0.5) is 0 Å². The highest BCUT2D eigenvalue weighted by Gasteiger charge is 2.06. The lowest BCUT2D eigenvalue weighted by Gasteiger charge is -2.10. The van der Waals surface area contributed by atoms with Crippen molar-refractivity contribution in [3.8, 4) is 11.5 Å². The van der Waals surface area contributed by atoms with Gasteiger partial charge in [-0.05, 0) is 24.1 Å². The van der Waals surface area contributed by atoms with Crippen LogP contribution in [-0.2, 0) is 20.7 Å². The number of thioether (sulfide) groups is 1. The molecule has 1 aromatic rings. The van der Waals surface area contributed by atoms with Crippen LogP contribution in [0.2, 0.25) is 0 Å². The molecule has 0 fully saturated rings. The van der Waals surface area contributed by atoms with Crippen molar-refractivity contribution in [1.29, 1.82) is 0 Å². The van der Waals surface area contributed by atoms with Gasteiger partial charge in [0, 0.05) is 12.3 Å². The fourth-order valence-electron chi connectivity index (χ4n) is 1.86. The zero-order valence-electron chi connectivity index (χ0n) is 13.7. The van der Waals surface area contributed by atoms with Crippen molar-refractivity contribution in [2.45, 2.75) is 12.8 Å². The van der Waals surface area contributed by atoms with Crippen LogP contribution in [-0.4, -0.2) is 51.3 Å². The average molecular weight is 341 g/mol. The summed E-state index contributed by atoms with van der Waals surface area (Å²) in [4.78, 5) is 22.6. The van der Waals surface area contributed by atoms with Crippen LogP contribution < -0.4 is 14.8 Å². The van der Waals surface area contributed by atoms with Crippen molar-refractivity contribution in [3.63, 3.8) is 0 Å². The van der Waals surface area contributed by atoms with Gasteiger partial charge in [0.1, 0.15) is 0 Å². The van der Waals surface area contributed by atoms with E-state index in [0.717, 1.165) is 5.56 Å². The van der Waals surface area contributed by atoms with E-state index in [1.807, 2.05) is 18.2 Å². The van der Waals surface area contributed by atoms with Crippen LogP contribution in [0.25, 0.3) is 0 Å². The Labute approximate surface area is 140 Å². The minimum Gasteiger partial charge on any atom is -0.493 e. The van der Waals surface area contributed by atoms with E-state index in [1.165, 1.54) is 18.9 Å². The van der Waals surface area contributed by atoms with Gasteiger partial charge in [-0.1, -0.05) is 6.07 Å². The topological polar surface area (TPSA) is 73.9 Å². The fraction of sp³-hybridized carbons (Fsp3) is 0.500. The lowest BCUT2D eigenvalue weighted by molar-refractivity contribution is -0.140. The molecule has 1 rings (SSSR count). The summed E-state index contributed by atoms with van der Waals surface area (Å²) in [5.41, 5.74) is 1.06. The van der Waals surface area contributed by atoms with Crippen LogP contribution in [0, 0.1) is 0 Å². The van der Waals surface area contributed by atoms with E-state index in [-0.39, 0.29) is 11.9 Å². The predicted molar refractivity (Wildman–Crippen MR) is 90.2 cm³/mol. The summed E-state index contributed by atoms with van der Waals surface area (Å²) in [7, 11) is 4.54. The molecular formula is C16H23NO5S. The second-order valence-corrected chi connectivity index (χ2v) is 5.77. The van der Waals surface area contributed by atoms with Crippen molar-refractivity contribution in [2.75, 3.05) is 39.4 Å². The number of hydrogen-bond acceptors (Lipinski definition) is 6. The van der Waals surface area contributed by atoms with Crippen LogP contribution in [0.5, 0.6) is 11.5 Å². The van der Waals surface area contributed by atoms with Crippen LogP contribution in [0.1, 0.15) is 12.0 Å². The summed E-state index contributed by atoms with van der Waals surface area (Å²) in [6.07, 6.45) is 1.03. The van der Waals surface area contributed by atoms with Crippen LogP contribution >= 0.6 is 11.8 Å². The van der Waals surface area contributed by atoms with Gasteiger partial charge in [0.15, 0.2) is 11.5 Å². The number of rotatable bonds is 10. The molecule has 6 nitrogen and oxygen atoms in total. The summed E-state index contributed by atoms with van der Waals surface area (Å²) in [6.45, 7) is 0.547. The van der Waals surface area contributed by atoms with Gasteiger partial charge in [0.2, 0.25) is 5.91 Å². The summed E-state index contributed by atoms with van der Waals surface area (Å²) >= 11 is 1.41. The Morgan fingerprint density at radius 3 is 2.52 bits per heavy atom. The van der Waals surface area contributed by atoms with Crippen molar-refractivity contribution in [2.24, 2.45) is 0 Å². The van der Waals surface area contributed by atoms with Crippen molar-refractivity contribution < 1.29 is 23.8 Å². The lowest BCUT2D eigenvalue weighted by Crippen LogP contribution is -2.27. The van der Waals surface area contributed by atoms with E-state index in [9.17, 15) is 9.59 Å². The molecule has 0 aliphatic rings. The smallest absolute Gasteiger partial charge is 0.306 e. The maximum Gasteiger partial charge on any atom is 0.306 e. The average Bonchev–Trinajstić information content (AvgIpc) is 2.58. The maximum atomic E-state index is 11.7. The molecule has 0 bridgehead atoms. The third kappa shape index (κ3) is 7.27. The van der Waals surface area contributed by atoms with Gasteiger partial charge >= 0.3 is 5.97 Å². The normalized spacial score (nSPS) is 10.0. The predicted octanol–water partition coefficient (Wildman–Crippen LogP) is 1.66. The number of esters is 1. The SMILES string of the molecule is COC(=O)CCSCC(=O)NCCc1ccc(OC)c(OC)c1. The van der Waals surface area contributed by atoms with E-state index in [0.29, 0.717) is 42.4 Å². The van der Waals surface area contributed by atoms with E-state index in [4.69, 9.17) is 9.47 Å². The number of carbonyl (C=O) groups excluding carboxylic acids is 2. The molecule has 0 aromatic heterocycles. The third-order valence-electron chi connectivity index (χ3n) is 3.10. The zero-order chi connectivity index (χ0) is 17.1. The third-order valence-corrected chi connectivity index (χ3v) is 4.05. The Balaban J connectivity index is 2.25. The highest BCUT2D eigenvalue weighted by atomic mass is 32.2. The number of carbonyl (C=O) groups is 2. The van der Waals surface area contributed by atoms with Gasteiger partial charge < -0.3 is 19.5 Å². The highest BCUT2D eigenvalue weighted by Crippen LogP contribution is 2.27. The molecule has 7 heteroatoms. The summed E-state index contributed by atoms with van der Waals surface area (Å²) in [5.74, 6) is 1.97. The zero-order valence-corrected chi connectivity index (χ0v) is 14.5. The molecule has 0 saturated heterocycles. The second kappa shape index (κ2) is 10.8. The molecular weight excluding hydrogens is 318 g/mol. The largest absolute Gasteiger partial charge is 0.493 e. The van der Waals surface area contributed by atoms with Crippen molar-refractivity contribution in [3.05, 3.63) is 23.8 Å². The first-order chi connectivity index (χ1) is 11.1. The maximum absolute atomic E-state index is 11.7. The number of methoxy groups -OCH3 is 3. The number of amides is 1. The standard InChI is InChI=1S/C16H23NO5S/c1-20-13-5-4-12(10-14(13)21-2)6-8-17-15(18)11-23-9-7-16(19)22-3/h4-5,10H,6-9,11H2,1-3H3,(H,17,18). The molecule has 0 atom stereocenters. The van der Waals surface area contributed by atoms with Crippen molar-refractivity contribution in [1.82, 2.24) is 5.32 Å². The van der Waals surface area contributed by atoms with Gasteiger partial charge in [0.05, 0.1) is 33.5 Å². The Morgan fingerprint density at radius 2 is 1.87 bits per heavy atom. The van der Waals surface area contributed by atoms with Gasteiger partial charge in [-0.2, -0.15) is 11.8 Å². The Hall–Kier alpha value is -1.89. The first-order valence-corrected chi connectivity index (χ1v) is 8.38. The molecule has 0 unspecified atom stereocenters. The molecule has 23 heavy (non-hydrogen) atoms. The fourth-order valence-corrected chi connectivity index (χ4v) is 2.60. The molecule has 1 amide bonds. The van der Waals surface area contributed by atoms with Crippen LogP contribution in [0.3, 0.4) is 0 Å². The van der Waals surface area contributed by atoms with Gasteiger partial charge in [-0.15, -0.1) is 0 Å². The molecule has 0 aliphatic carbocycles. The number of hydrogen-bond donors (Lipinski definition) is 1. The van der Waals surface area contributed by atoms with Crippen LogP contribution in [0.15, 0.2) is 18.2 Å². The summed E-state index contributed by atoms with van der Waals surface area (Å²) < 4.78 is 15.0. The Bertz CT molecular complexity index is 521. The number of nitrogens with one attached hydrogen (secondary N) is 1. The van der Waals surface area contributed by atoms with E-state index < -0.39 is 0 Å². The number of ether oxygens (including phenoxy) is 3.